The summed E-state index contributed by atoms with van der Waals surface area (Å²) in [7, 11) is 1.50. The van der Waals surface area contributed by atoms with Gasteiger partial charge in [0.1, 0.15) is 0 Å². The van der Waals surface area contributed by atoms with E-state index in [1.807, 2.05) is 0 Å². The predicted octanol–water partition coefficient (Wildman–Crippen LogP) is -2.17. The number of nitrogens with two attached hydrogens (primary N) is 1. The van der Waals surface area contributed by atoms with E-state index in [0.717, 1.165) is 0 Å². The van der Waals surface area contributed by atoms with Gasteiger partial charge in [-0.15, -0.1) is 0 Å². The molecule has 0 aromatic heterocycles. The molecule has 0 saturated heterocycles. The summed E-state index contributed by atoms with van der Waals surface area (Å²) in [6.07, 6.45) is 0. The van der Waals surface area contributed by atoms with Crippen LogP contribution in [-0.2, 0) is 0 Å². The van der Waals surface area contributed by atoms with Gasteiger partial charge in [0.15, 0.2) is 0 Å². The molecule has 0 atom stereocenters. The molecular formula is CH9CaNO. The monoisotopic (exact) mass is 91.0 g/mol. The van der Waals surface area contributed by atoms with Gasteiger partial charge in [-0.25, -0.2) is 0 Å². The van der Waals surface area contributed by atoms with Gasteiger partial charge in [-0.05, 0) is 7.05 Å². The van der Waals surface area contributed by atoms with Crippen LogP contribution in [0.15, 0.2) is 0 Å². The molecule has 4 N–H and O–H groups in total. The molecule has 0 rings (SSSR count). The van der Waals surface area contributed by atoms with Crippen LogP contribution in [0.2, 0.25) is 0 Å². The molecule has 0 bridgehead atoms. The Kier molecular flexibility index (Phi) is 145. The fraction of sp³-hybridized carbons (Fsp3) is 1.00. The summed E-state index contributed by atoms with van der Waals surface area (Å²) in [5.41, 5.74) is 4.50. The Morgan fingerprint density at radius 3 is 1.25 bits per heavy atom. The second-order valence-electron chi connectivity index (χ2n) is 0. The second kappa shape index (κ2) is 30.4. The molecule has 2 nitrogen and oxygen atoms in total. The van der Waals surface area contributed by atoms with E-state index in [4.69, 9.17) is 0 Å². The molecule has 0 heterocycles. The van der Waals surface area contributed by atoms with Crippen molar-refractivity contribution in [3.05, 3.63) is 0 Å². The Labute approximate surface area is 55.7 Å². The van der Waals surface area contributed by atoms with Crippen molar-refractivity contribution in [3.63, 3.8) is 0 Å². The van der Waals surface area contributed by atoms with Gasteiger partial charge in [0.2, 0.25) is 0 Å². The van der Waals surface area contributed by atoms with Crippen LogP contribution in [-0.4, -0.2) is 50.3 Å². The Bertz CT molecular complexity index is 8.00. The zero-order valence-electron chi connectivity index (χ0n) is 2.08. The molecule has 0 aliphatic carbocycles. The summed E-state index contributed by atoms with van der Waals surface area (Å²) in [5, 5.41) is 0. The fourth-order valence-corrected chi connectivity index (χ4v) is 0. The van der Waals surface area contributed by atoms with E-state index in [9.17, 15) is 0 Å². The van der Waals surface area contributed by atoms with Gasteiger partial charge in [0.05, 0.1) is 0 Å². The molecule has 0 radical (unpaired) electrons. The first-order chi connectivity index (χ1) is 1.00. The second-order valence-corrected chi connectivity index (χ2v) is 0. The Hall–Kier alpha value is 1.18. The zero-order chi connectivity index (χ0) is 2.00. The van der Waals surface area contributed by atoms with E-state index in [0.29, 0.717) is 0 Å². The van der Waals surface area contributed by atoms with E-state index in [-0.39, 0.29) is 43.2 Å². The SMILES string of the molecule is CN.O.[CaH2]. The molecule has 4 heavy (non-hydrogen) atoms. The van der Waals surface area contributed by atoms with Crippen LogP contribution in [0.25, 0.3) is 0 Å². The molecule has 0 spiro atoms. The van der Waals surface area contributed by atoms with Crippen molar-refractivity contribution in [1.29, 1.82) is 0 Å². The summed E-state index contributed by atoms with van der Waals surface area (Å²) in [4.78, 5) is 0. The zero-order valence-corrected chi connectivity index (χ0v) is 2.08. The van der Waals surface area contributed by atoms with Crippen LogP contribution in [0.4, 0.5) is 0 Å². The molecule has 3 heteroatoms. The van der Waals surface area contributed by atoms with E-state index in [1.165, 1.54) is 7.05 Å². The molecule has 0 aliphatic heterocycles. The molecule has 0 amide bonds. The summed E-state index contributed by atoms with van der Waals surface area (Å²) in [5.74, 6) is 0. The van der Waals surface area contributed by atoms with Gasteiger partial charge in [-0.2, -0.15) is 0 Å². The van der Waals surface area contributed by atoms with Crippen LogP contribution < -0.4 is 5.73 Å². The van der Waals surface area contributed by atoms with Crippen LogP contribution in [0, 0.1) is 0 Å². The van der Waals surface area contributed by atoms with Crippen molar-refractivity contribution in [2.24, 2.45) is 5.73 Å². The van der Waals surface area contributed by atoms with Crippen LogP contribution >= 0.6 is 0 Å². The van der Waals surface area contributed by atoms with E-state index in [1.54, 1.807) is 0 Å². The molecule has 26 valence electrons. The maximum atomic E-state index is 4.50. The standard InChI is InChI=1S/CH5N.Ca.H2O.2H/c1-2;;;;/h2H2,1H3;;1H2;;. The molecule has 0 aliphatic rings. The van der Waals surface area contributed by atoms with Crippen molar-refractivity contribution < 1.29 is 5.48 Å². The Balaban J connectivity index is -0.00000000500. The van der Waals surface area contributed by atoms with E-state index >= 15 is 0 Å². The summed E-state index contributed by atoms with van der Waals surface area (Å²) in [6, 6.07) is 0. The quantitative estimate of drug-likeness (QED) is 0.339. The first-order valence-corrected chi connectivity index (χ1v) is 0.577. The van der Waals surface area contributed by atoms with Crippen LogP contribution in [0.3, 0.4) is 0 Å². The first kappa shape index (κ1) is 19.0. The van der Waals surface area contributed by atoms with Gasteiger partial charge in [0, 0.05) is 0 Å². The van der Waals surface area contributed by atoms with Crippen molar-refractivity contribution in [1.82, 2.24) is 0 Å². The van der Waals surface area contributed by atoms with Crippen molar-refractivity contribution in [2.45, 2.75) is 0 Å². The molecule has 0 saturated carbocycles. The van der Waals surface area contributed by atoms with Crippen molar-refractivity contribution >= 4 is 37.7 Å². The van der Waals surface area contributed by atoms with Crippen LogP contribution in [0.1, 0.15) is 0 Å². The van der Waals surface area contributed by atoms with Gasteiger partial charge < -0.3 is 11.2 Å². The third kappa shape index (κ3) is 10.9. The fourth-order valence-electron chi connectivity index (χ4n) is 0. The minimum atomic E-state index is 0. The summed E-state index contributed by atoms with van der Waals surface area (Å²) >= 11 is 0. The summed E-state index contributed by atoms with van der Waals surface area (Å²) in [6.45, 7) is 0. The predicted molar refractivity (Wildman–Crippen MR) is 22.3 cm³/mol. The molecular weight excluding hydrogens is 82.1 g/mol. The van der Waals surface area contributed by atoms with Gasteiger partial charge in [0.25, 0.3) is 0 Å². The van der Waals surface area contributed by atoms with Gasteiger partial charge in [-0.1, -0.05) is 0 Å². The first-order valence-electron chi connectivity index (χ1n) is 0.577. The Morgan fingerprint density at radius 1 is 1.25 bits per heavy atom. The molecule has 0 fully saturated rings. The van der Waals surface area contributed by atoms with Crippen molar-refractivity contribution in [3.8, 4) is 0 Å². The average molecular weight is 91.2 g/mol. The molecule has 0 unspecified atom stereocenters. The van der Waals surface area contributed by atoms with Gasteiger partial charge >= 0.3 is 37.7 Å². The maximum absolute atomic E-state index is 4.50. The number of rotatable bonds is 0. The normalized spacial score (nSPS) is 1.50. The number of hydrogen-bond acceptors (Lipinski definition) is 1. The van der Waals surface area contributed by atoms with Crippen LogP contribution in [0.5, 0.6) is 0 Å². The third-order valence-electron chi connectivity index (χ3n) is 0. The third-order valence-corrected chi connectivity index (χ3v) is 0. The average Bonchev–Trinajstić information content (AvgIpc) is 1.00. The molecule has 0 aromatic carbocycles. The van der Waals surface area contributed by atoms with E-state index < -0.39 is 0 Å². The van der Waals surface area contributed by atoms with Crippen molar-refractivity contribution in [2.75, 3.05) is 7.05 Å². The summed E-state index contributed by atoms with van der Waals surface area (Å²) < 4.78 is 0. The molecule has 0 aromatic rings. The van der Waals surface area contributed by atoms with E-state index in [2.05, 4.69) is 5.73 Å². The number of hydrogen-bond donors (Lipinski definition) is 1. The topological polar surface area (TPSA) is 57.5 Å². The Morgan fingerprint density at radius 2 is 1.25 bits per heavy atom. The minimum absolute atomic E-state index is 0. The van der Waals surface area contributed by atoms with Gasteiger partial charge in [-0.3, -0.25) is 0 Å².